The predicted molar refractivity (Wildman–Crippen MR) is 87.1 cm³/mol. The molecule has 0 heterocycles. The van der Waals surface area contributed by atoms with Gasteiger partial charge in [-0.05, 0) is 29.5 Å². The molecule has 1 aromatic carbocycles. The minimum atomic E-state index is -3.58. The third-order valence-corrected chi connectivity index (χ3v) is 5.17. The highest BCUT2D eigenvalue weighted by atomic mass is 35.5. The van der Waals surface area contributed by atoms with Gasteiger partial charge in [0.05, 0.1) is 0 Å². The van der Waals surface area contributed by atoms with Gasteiger partial charge in [-0.25, -0.2) is 8.42 Å². The van der Waals surface area contributed by atoms with Gasteiger partial charge in [0.2, 0.25) is 5.91 Å². The van der Waals surface area contributed by atoms with Gasteiger partial charge in [0.15, 0.2) is 9.84 Å². The van der Waals surface area contributed by atoms with E-state index in [1.165, 1.54) is 6.07 Å². The van der Waals surface area contributed by atoms with Crippen molar-refractivity contribution in [2.24, 2.45) is 0 Å². The number of carbonyl (C=O) groups is 1. The number of rotatable bonds is 6. The van der Waals surface area contributed by atoms with Gasteiger partial charge >= 0.3 is 0 Å². The van der Waals surface area contributed by atoms with Crippen LogP contribution in [0.5, 0.6) is 5.75 Å². The Kier molecular flexibility index (Phi) is 5.87. The van der Waals surface area contributed by atoms with E-state index >= 15 is 0 Å². The van der Waals surface area contributed by atoms with E-state index in [0.29, 0.717) is 5.56 Å². The Balaban J connectivity index is 3.42. The zero-order chi connectivity index (χ0) is 17.1. The second-order valence-electron chi connectivity index (χ2n) is 5.90. The monoisotopic (exact) mass is 347 g/mol. The molecule has 2 N–H and O–H groups in total. The molecule has 1 amide bonds. The van der Waals surface area contributed by atoms with Crippen molar-refractivity contribution in [3.05, 3.63) is 23.3 Å². The molecule has 5 nitrogen and oxygen atoms in total. The summed E-state index contributed by atoms with van der Waals surface area (Å²) in [5.74, 6) is -0.907. The zero-order valence-electron chi connectivity index (χ0n) is 13.2. The number of phenols is 1. The van der Waals surface area contributed by atoms with Crippen LogP contribution in [0, 0.1) is 0 Å². The van der Waals surface area contributed by atoms with E-state index in [9.17, 15) is 18.3 Å². The van der Waals surface area contributed by atoms with Crippen molar-refractivity contribution in [2.75, 3.05) is 12.1 Å². The highest BCUT2D eigenvalue weighted by molar-refractivity contribution is 7.90. The minimum absolute atomic E-state index is 0.0214. The van der Waals surface area contributed by atoms with E-state index in [0.717, 1.165) is 18.2 Å². The van der Waals surface area contributed by atoms with Crippen molar-refractivity contribution in [3.63, 3.8) is 0 Å². The molecule has 124 valence electrons. The molecule has 1 rings (SSSR count). The first-order valence-corrected chi connectivity index (χ1v) is 9.34. The second kappa shape index (κ2) is 6.87. The minimum Gasteiger partial charge on any atom is -0.506 e. The Labute approximate surface area is 136 Å². The number of aromatic hydroxyl groups is 1. The highest BCUT2D eigenvalue weighted by Crippen LogP contribution is 2.35. The molecule has 0 radical (unpaired) electrons. The summed E-state index contributed by atoms with van der Waals surface area (Å²) in [6, 6.07) is 3.23. The molecule has 0 saturated carbocycles. The maximum absolute atomic E-state index is 11.9. The lowest BCUT2D eigenvalue weighted by molar-refractivity contribution is -0.118. The summed E-state index contributed by atoms with van der Waals surface area (Å²) in [5, 5.41) is 12.7. The van der Waals surface area contributed by atoms with Crippen molar-refractivity contribution in [1.29, 1.82) is 0 Å². The predicted octanol–water partition coefficient (Wildman–Crippen LogP) is 2.34. The van der Waals surface area contributed by atoms with Gasteiger partial charge in [0.1, 0.15) is 16.5 Å². The smallest absolute Gasteiger partial charge is 0.235 e. The summed E-state index contributed by atoms with van der Waals surface area (Å²) < 4.78 is 23.8. The van der Waals surface area contributed by atoms with Crippen LogP contribution in [0.4, 0.5) is 0 Å². The number of hydrogen-bond acceptors (Lipinski definition) is 4. The van der Waals surface area contributed by atoms with E-state index < -0.39 is 9.84 Å². The molecular formula is C15H22ClNO4S. The first-order valence-electron chi connectivity index (χ1n) is 6.92. The standard InChI is InChI=1S/C15H22ClNO4S/c1-5-15(2,3)11-6-10(9-17-13(18)8-16)14(19)12(7-11)22(4,20)21/h6-7,19H,5,8-9H2,1-4H3,(H,17,18). The summed E-state index contributed by atoms with van der Waals surface area (Å²) in [4.78, 5) is 11.1. The molecule has 0 bridgehead atoms. The average Bonchev–Trinajstić information content (AvgIpc) is 2.44. The molecule has 1 aromatic rings. The van der Waals surface area contributed by atoms with E-state index in [1.54, 1.807) is 6.07 Å². The van der Waals surface area contributed by atoms with Crippen LogP contribution in [0.1, 0.15) is 38.3 Å². The fraction of sp³-hybridized carbons (Fsp3) is 0.533. The van der Waals surface area contributed by atoms with Crippen LogP contribution in [0.3, 0.4) is 0 Å². The molecule has 0 aromatic heterocycles. The highest BCUT2D eigenvalue weighted by Gasteiger charge is 2.25. The van der Waals surface area contributed by atoms with Gasteiger partial charge < -0.3 is 10.4 Å². The largest absolute Gasteiger partial charge is 0.506 e. The first-order chi connectivity index (χ1) is 10.0. The van der Waals surface area contributed by atoms with E-state index in [-0.39, 0.29) is 34.4 Å². The fourth-order valence-electron chi connectivity index (χ4n) is 1.92. The van der Waals surface area contributed by atoms with Crippen molar-refractivity contribution in [1.82, 2.24) is 5.32 Å². The Morgan fingerprint density at radius 2 is 1.95 bits per heavy atom. The lowest BCUT2D eigenvalue weighted by Crippen LogP contribution is -2.24. The number of phenolic OH excluding ortho intramolecular Hbond substituents is 1. The SMILES string of the molecule is CCC(C)(C)c1cc(CNC(=O)CCl)c(O)c(S(C)(=O)=O)c1. The van der Waals surface area contributed by atoms with Crippen LogP contribution in [-0.4, -0.2) is 31.6 Å². The molecule has 0 aliphatic rings. The van der Waals surface area contributed by atoms with Gasteiger partial charge in [0, 0.05) is 18.4 Å². The Morgan fingerprint density at radius 3 is 2.41 bits per heavy atom. The van der Waals surface area contributed by atoms with E-state index in [2.05, 4.69) is 5.32 Å². The molecule has 0 unspecified atom stereocenters. The maximum atomic E-state index is 11.9. The third-order valence-electron chi connectivity index (χ3n) is 3.82. The molecule has 0 atom stereocenters. The van der Waals surface area contributed by atoms with Crippen LogP contribution in [0.15, 0.2) is 17.0 Å². The Morgan fingerprint density at radius 1 is 1.36 bits per heavy atom. The van der Waals surface area contributed by atoms with Gasteiger partial charge in [-0.1, -0.05) is 20.8 Å². The van der Waals surface area contributed by atoms with Gasteiger partial charge in [0.25, 0.3) is 0 Å². The Bertz CT molecular complexity index is 668. The van der Waals surface area contributed by atoms with Crippen LogP contribution < -0.4 is 5.32 Å². The van der Waals surface area contributed by atoms with Crippen LogP contribution in [0.25, 0.3) is 0 Å². The molecule has 0 spiro atoms. The molecular weight excluding hydrogens is 326 g/mol. The number of amides is 1. The van der Waals surface area contributed by atoms with E-state index in [1.807, 2.05) is 20.8 Å². The van der Waals surface area contributed by atoms with Crippen molar-refractivity contribution < 1.29 is 18.3 Å². The molecule has 7 heteroatoms. The topological polar surface area (TPSA) is 83.5 Å². The Hall–Kier alpha value is -1.27. The van der Waals surface area contributed by atoms with Crippen molar-refractivity contribution >= 4 is 27.3 Å². The molecule has 0 fully saturated rings. The third kappa shape index (κ3) is 4.36. The number of sulfone groups is 1. The summed E-state index contributed by atoms with van der Waals surface area (Å²) in [6.07, 6.45) is 1.85. The zero-order valence-corrected chi connectivity index (χ0v) is 14.8. The number of benzene rings is 1. The number of halogens is 1. The van der Waals surface area contributed by atoms with E-state index in [4.69, 9.17) is 11.6 Å². The molecule has 22 heavy (non-hydrogen) atoms. The average molecular weight is 348 g/mol. The quantitative estimate of drug-likeness (QED) is 0.774. The van der Waals surface area contributed by atoms with Gasteiger partial charge in [-0.2, -0.15) is 0 Å². The number of nitrogens with one attached hydrogen (secondary N) is 1. The summed E-state index contributed by atoms with van der Waals surface area (Å²) in [5.41, 5.74) is 0.902. The number of carbonyl (C=O) groups excluding carboxylic acids is 1. The van der Waals surface area contributed by atoms with Crippen molar-refractivity contribution in [3.8, 4) is 5.75 Å². The normalized spacial score (nSPS) is 12.2. The van der Waals surface area contributed by atoms with Crippen LogP contribution >= 0.6 is 11.6 Å². The lowest BCUT2D eigenvalue weighted by atomic mass is 9.81. The van der Waals surface area contributed by atoms with Crippen LogP contribution in [-0.2, 0) is 26.6 Å². The maximum Gasteiger partial charge on any atom is 0.235 e. The summed E-state index contributed by atoms with van der Waals surface area (Å²) in [7, 11) is -3.58. The summed E-state index contributed by atoms with van der Waals surface area (Å²) in [6.45, 7) is 6.01. The van der Waals surface area contributed by atoms with Gasteiger partial charge in [-0.15, -0.1) is 11.6 Å². The molecule has 0 saturated heterocycles. The van der Waals surface area contributed by atoms with Gasteiger partial charge in [-0.3, -0.25) is 4.79 Å². The molecule has 0 aliphatic carbocycles. The van der Waals surface area contributed by atoms with Crippen molar-refractivity contribution in [2.45, 2.75) is 44.0 Å². The summed E-state index contributed by atoms with van der Waals surface area (Å²) >= 11 is 5.42. The van der Waals surface area contributed by atoms with Crippen LogP contribution in [0.2, 0.25) is 0 Å². The molecule has 0 aliphatic heterocycles. The number of hydrogen-bond donors (Lipinski definition) is 2. The fourth-order valence-corrected chi connectivity index (χ4v) is 2.84. The first kappa shape index (κ1) is 18.8. The number of alkyl halides is 1. The lowest BCUT2D eigenvalue weighted by Gasteiger charge is -2.25. The second-order valence-corrected chi connectivity index (χ2v) is 8.15.